The van der Waals surface area contributed by atoms with E-state index in [4.69, 9.17) is 9.47 Å². The average Bonchev–Trinajstić information content (AvgIpc) is 3.12. The number of pyridine rings is 1. The van der Waals surface area contributed by atoms with E-state index in [0.717, 1.165) is 77.0 Å². The number of nitrogens with zero attached hydrogens (tertiary/aromatic N) is 2. The molecule has 1 aromatic heterocycles. The summed E-state index contributed by atoms with van der Waals surface area (Å²) in [5, 5.41) is 6.61. The number of halogens is 1. The van der Waals surface area contributed by atoms with Gasteiger partial charge in [0.2, 0.25) is 0 Å². The number of rotatable bonds is 10. The molecular formula is C18H31IN4O2. The molecule has 1 atom stereocenters. The van der Waals surface area contributed by atoms with Crippen molar-refractivity contribution in [1.82, 2.24) is 15.6 Å². The van der Waals surface area contributed by atoms with Crippen molar-refractivity contribution in [1.29, 1.82) is 0 Å². The zero-order valence-electron chi connectivity index (χ0n) is 15.1. The van der Waals surface area contributed by atoms with Crippen molar-refractivity contribution in [3.8, 4) is 0 Å². The number of guanidine groups is 1. The van der Waals surface area contributed by atoms with Gasteiger partial charge in [-0.25, -0.2) is 0 Å². The molecule has 2 heterocycles. The topological polar surface area (TPSA) is 67.8 Å². The number of hydrogen-bond acceptors (Lipinski definition) is 4. The second-order valence-corrected chi connectivity index (χ2v) is 5.92. The highest BCUT2D eigenvalue weighted by molar-refractivity contribution is 14.0. The van der Waals surface area contributed by atoms with Crippen molar-refractivity contribution in [3.05, 3.63) is 30.1 Å². The van der Waals surface area contributed by atoms with Crippen molar-refractivity contribution in [2.75, 3.05) is 46.1 Å². The maximum absolute atomic E-state index is 5.70. The van der Waals surface area contributed by atoms with Gasteiger partial charge in [0.1, 0.15) is 0 Å². The minimum Gasteiger partial charge on any atom is -0.381 e. The Morgan fingerprint density at radius 3 is 3.04 bits per heavy atom. The van der Waals surface area contributed by atoms with Gasteiger partial charge in [-0.1, -0.05) is 6.07 Å². The van der Waals surface area contributed by atoms with Crippen LogP contribution in [-0.2, 0) is 15.9 Å². The molecule has 1 saturated heterocycles. The Hall–Kier alpha value is -0.930. The minimum absolute atomic E-state index is 0. The summed E-state index contributed by atoms with van der Waals surface area (Å²) >= 11 is 0. The Balaban J connectivity index is 0.00000312. The third kappa shape index (κ3) is 9.96. The Labute approximate surface area is 168 Å². The van der Waals surface area contributed by atoms with Crippen molar-refractivity contribution >= 4 is 29.9 Å². The highest BCUT2D eigenvalue weighted by Gasteiger charge is 2.15. The SMILES string of the molecule is CCNC(=NCCCOCC1CCOC1)NCCc1ccccn1.I. The van der Waals surface area contributed by atoms with Crippen LogP contribution in [0.2, 0.25) is 0 Å². The number of aliphatic imine (C=N–C) groups is 1. The number of nitrogens with one attached hydrogen (secondary N) is 2. The molecule has 2 rings (SSSR count). The largest absolute Gasteiger partial charge is 0.381 e. The predicted octanol–water partition coefficient (Wildman–Crippen LogP) is 2.24. The molecule has 0 saturated carbocycles. The predicted molar refractivity (Wildman–Crippen MR) is 112 cm³/mol. The fraction of sp³-hybridized carbons (Fsp3) is 0.667. The van der Waals surface area contributed by atoms with Gasteiger partial charge in [-0.3, -0.25) is 9.98 Å². The Kier molecular flexibility index (Phi) is 12.6. The smallest absolute Gasteiger partial charge is 0.191 e. The van der Waals surface area contributed by atoms with E-state index in [1.54, 1.807) is 0 Å². The molecule has 7 heteroatoms. The third-order valence-electron chi connectivity index (χ3n) is 3.84. The zero-order chi connectivity index (χ0) is 16.9. The van der Waals surface area contributed by atoms with Gasteiger partial charge in [0.25, 0.3) is 0 Å². The Bertz CT molecular complexity index is 467. The lowest BCUT2D eigenvalue weighted by atomic mass is 10.1. The van der Waals surface area contributed by atoms with Crippen LogP contribution in [0, 0.1) is 5.92 Å². The van der Waals surface area contributed by atoms with Crippen LogP contribution in [0.4, 0.5) is 0 Å². The average molecular weight is 462 g/mol. The molecule has 6 nitrogen and oxygen atoms in total. The molecule has 1 aromatic rings. The van der Waals surface area contributed by atoms with E-state index in [1.807, 2.05) is 24.4 Å². The van der Waals surface area contributed by atoms with E-state index >= 15 is 0 Å². The first kappa shape index (κ1) is 22.1. The second-order valence-electron chi connectivity index (χ2n) is 5.92. The van der Waals surface area contributed by atoms with E-state index in [-0.39, 0.29) is 24.0 Å². The third-order valence-corrected chi connectivity index (χ3v) is 3.84. The molecule has 2 N–H and O–H groups in total. The van der Waals surface area contributed by atoms with Crippen LogP contribution in [-0.4, -0.2) is 57.0 Å². The fourth-order valence-corrected chi connectivity index (χ4v) is 2.52. The number of hydrogen-bond donors (Lipinski definition) is 2. The lowest BCUT2D eigenvalue weighted by molar-refractivity contribution is 0.0893. The van der Waals surface area contributed by atoms with E-state index in [2.05, 4.69) is 27.5 Å². The van der Waals surface area contributed by atoms with Gasteiger partial charge < -0.3 is 20.1 Å². The highest BCUT2D eigenvalue weighted by Crippen LogP contribution is 2.12. The van der Waals surface area contributed by atoms with Crippen molar-refractivity contribution in [2.24, 2.45) is 10.9 Å². The molecule has 0 spiro atoms. The zero-order valence-corrected chi connectivity index (χ0v) is 17.4. The van der Waals surface area contributed by atoms with Crippen LogP contribution in [0.1, 0.15) is 25.5 Å². The van der Waals surface area contributed by atoms with Crippen molar-refractivity contribution in [2.45, 2.75) is 26.2 Å². The maximum Gasteiger partial charge on any atom is 0.191 e. The molecule has 0 amide bonds. The maximum atomic E-state index is 5.70. The summed E-state index contributed by atoms with van der Waals surface area (Å²) in [5.41, 5.74) is 1.09. The van der Waals surface area contributed by atoms with Crippen LogP contribution in [0.15, 0.2) is 29.4 Å². The van der Waals surface area contributed by atoms with Gasteiger partial charge in [-0.05, 0) is 31.9 Å². The van der Waals surface area contributed by atoms with Gasteiger partial charge >= 0.3 is 0 Å². The summed E-state index contributed by atoms with van der Waals surface area (Å²) in [4.78, 5) is 8.91. The summed E-state index contributed by atoms with van der Waals surface area (Å²) < 4.78 is 11.0. The Morgan fingerprint density at radius 1 is 1.40 bits per heavy atom. The van der Waals surface area contributed by atoms with Crippen LogP contribution in [0.3, 0.4) is 0 Å². The van der Waals surface area contributed by atoms with Gasteiger partial charge in [0.05, 0.1) is 13.2 Å². The molecular weight excluding hydrogens is 431 g/mol. The van der Waals surface area contributed by atoms with Gasteiger partial charge in [0.15, 0.2) is 5.96 Å². The van der Waals surface area contributed by atoms with E-state index < -0.39 is 0 Å². The summed E-state index contributed by atoms with van der Waals surface area (Å²) in [6, 6.07) is 5.99. The minimum atomic E-state index is 0. The molecule has 0 radical (unpaired) electrons. The summed E-state index contributed by atoms with van der Waals surface area (Å²) in [6.45, 7) is 7.81. The standard InChI is InChI=1S/C18H30N4O2.HI/c1-2-19-18(22-11-7-17-6-3-4-9-20-17)21-10-5-12-23-14-16-8-13-24-15-16;/h3-4,6,9,16H,2,5,7-8,10-15H2,1H3,(H2,19,21,22);1H. The lowest BCUT2D eigenvalue weighted by Crippen LogP contribution is -2.38. The van der Waals surface area contributed by atoms with Crippen LogP contribution in [0.25, 0.3) is 0 Å². The first-order valence-electron chi connectivity index (χ1n) is 8.96. The van der Waals surface area contributed by atoms with Gasteiger partial charge in [0, 0.05) is 57.1 Å². The summed E-state index contributed by atoms with van der Waals surface area (Å²) in [5.74, 6) is 1.44. The molecule has 0 aliphatic carbocycles. The monoisotopic (exact) mass is 462 g/mol. The van der Waals surface area contributed by atoms with Crippen LogP contribution >= 0.6 is 24.0 Å². The molecule has 1 fully saturated rings. The first-order valence-corrected chi connectivity index (χ1v) is 8.96. The fourth-order valence-electron chi connectivity index (χ4n) is 2.52. The molecule has 25 heavy (non-hydrogen) atoms. The molecule has 0 bridgehead atoms. The van der Waals surface area contributed by atoms with Crippen molar-refractivity contribution in [3.63, 3.8) is 0 Å². The molecule has 1 aliphatic rings. The summed E-state index contributed by atoms with van der Waals surface area (Å²) in [7, 11) is 0. The molecule has 1 unspecified atom stereocenters. The van der Waals surface area contributed by atoms with Crippen LogP contribution < -0.4 is 10.6 Å². The highest BCUT2D eigenvalue weighted by atomic mass is 127. The quantitative estimate of drug-likeness (QED) is 0.242. The van der Waals surface area contributed by atoms with Crippen molar-refractivity contribution < 1.29 is 9.47 Å². The molecule has 142 valence electrons. The van der Waals surface area contributed by atoms with Gasteiger partial charge in [-0.2, -0.15) is 0 Å². The first-order chi connectivity index (χ1) is 11.9. The molecule has 0 aromatic carbocycles. The van der Waals surface area contributed by atoms with E-state index in [0.29, 0.717) is 5.92 Å². The normalized spacial score (nSPS) is 17.2. The van der Waals surface area contributed by atoms with Crippen LogP contribution in [0.5, 0.6) is 0 Å². The second kappa shape index (κ2) is 14.3. The number of aromatic nitrogens is 1. The molecule has 1 aliphatic heterocycles. The lowest BCUT2D eigenvalue weighted by Gasteiger charge is -2.11. The number of ether oxygens (including phenoxy) is 2. The van der Waals surface area contributed by atoms with Gasteiger partial charge in [-0.15, -0.1) is 24.0 Å². The Morgan fingerprint density at radius 2 is 2.32 bits per heavy atom. The van der Waals surface area contributed by atoms with E-state index in [1.165, 1.54) is 0 Å². The van der Waals surface area contributed by atoms with E-state index in [9.17, 15) is 0 Å². The summed E-state index contributed by atoms with van der Waals surface area (Å²) in [6.07, 6.45) is 4.78.